The molecule has 0 saturated heterocycles. The number of hydrogen-bond acceptors (Lipinski definition) is 4. The smallest absolute Gasteiger partial charge is 0.453 e. The van der Waals surface area contributed by atoms with Crippen LogP contribution in [0.15, 0.2) is 36.7 Å². The lowest BCUT2D eigenvalue weighted by Crippen LogP contribution is -2.28. The van der Waals surface area contributed by atoms with Gasteiger partial charge in [-0.1, -0.05) is 12.1 Å². The number of hydrogen-bond donors (Lipinski definition) is 1. The fraction of sp³-hybridized carbons (Fsp3) is 0.214. The molecule has 1 aromatic heterocycles. The molecule has 2 rings (SSSR count). The van der Waals surface area contributed by atoms with Gasteiger partial charge < -0.3 is 9.84 Å². The summed E-state index contributed by atoms with van der Waals surface area (Å²) in [5, 5.41) is 12.7. The van der Waals surface area contributed by atoms with Gasteiger partial charge in [0.05, 0.1) is 18.3 Å². The minimum atomic E-state index is -4.91. The molecule has 0 saturated carbocycles. The van der Waals surface area contributed by atoms with Crippen molar-refractivity contribution in [1.29, 1.82) is 0 Å². The number of carboxylic acids is 1. The topological polar surface area (TPSA) is 81.4 Å². The van der Waals surface area contributed by atoms with Crippen molar-refractivity contribution >= 4 is 11.8 Å². The second-order valence-electron chi connectivity index (χ2n) is 4.59. The van der Waals surface area contributed by atoms with Gasteiger partial charge in [0.1, 0.15) is 5.75 Å². The Bertz CT molecular complexity index is 708. The van der Waals surface area contributed by atoms with Crippen molar-refractivity contribution in [3.05, 3.63) is 47.8 Å². The van der Waals surface area contributed by atoms with E-state index in [4.69, 9.17) is 9.84 Å². The molecule has 0 aliphatic rings. The summed E-state index contributed by atoms with van der Waals surface area (Å²) < 4.78 is 42.3. The summed E-state index contributed by atoms with van der Waals surface area (Å²) in [6.07, 6.45) is -2.35. The minimum absolute atomic E-state index is 0.0515. The van der Waals surface area contributed by atoms with Gasteiger partial charge in [0.25, 0.3) is 5.78 Å². The third kappa shape index (κ3) is 4.56. The van der Waals surface area contributed by atoms with E-state index in [-0.39, 0.29) is 17.9 Å². The van der Waals surface area contributed by atoms with Crippen molar-refractivity contribution in [2.24, 2.45) is 0 Å². The molecule has 1 heterocycles. The second-order valence-corrected chi connectivity index (χ2v) is 4.59. The number of benzene rings is 1. The summed E-state index contributed by atoms with van der Waals surface area (Å²) in [6, 6.07) is 5.99. The molecule has 0 aliphatic carbocycles. The van der Waals surface area contributed by atoms with Crippen LogP contribution in [-0.4, -0.2) is 39.4 Å². The lowest BCUT2D eigenvalue weighted by Gasteiger charge is -2.08. The van der Waals surface area contributed by atoms with Crippen LogP contribution in [0.3, 0.4) is 0 Å². The largest absolute Gasteiger partial charge is 0.485 e. The molecule has 0 amide bonds. The van der Waals surface area contributed by atoms with Crippen molar-refractivity contribution in [2.45, 2.75) is 12.7 Å². The second kappa shape index (κ2) is 6.51. The number of ketones is 1. The average Bonchev–Trinajstić information content (AvgIpc) is 2.94. The Morgan fingerprint density at radius 2 is 1.87 bits per heavy atom. The van der Waals surface area contributed by atoms with Crippen LogP contribution in [0, 0.1) is 0 Å². The van der Waals surface area contributed by atoms with Gasteiger partial charge in [0.15, 0.2) is 6.61 Å². The highest BCUT2D eigenvalue weighted by atomic mass is 19.4. The Labute approximate surface area is 128 Å². The maximum absolute atomic E-state index is 12.0. The van der Waals surface area contributed by atoms with E-state index in [1.807, 2.05) is 0 Å². The van der Waals surface area contributed by atoms with E-state index < -0.39 is 24.5 Å². The first-order valence-electron chi connectivity index (χ1n) is 6.33. The van der Waals surface area contributed by atoms with Gasteiger partial charge in [0.2, 0.25) is 0 Å². The zero-order chi connectivity index (χ0) is 17.0. The van der Waals surface area contributed by atoms with E-state index in [2.05, 4.69) is 5.10 Å². The van der Waals surface area contributed by atoms with E-state index in [0.717, 1.165) is 5.56 Å². The third-order valence-electron chi connectivity index (χ3n) is 2.83. The third-order valence-corrected chi connectivity index (χ3v) is 2.83. The molecule has 6 nitrogen and oxygen atoms in total. The van der Waals surface area contributed by atoms with Crippen molar-refractivity contribution in [3.63, 3.8) is 0 Å². The van der Waals surface area contributed by atoms with Gasteiger partial charge in [0, 0.05) is 6.20 Å². The number of alkyl halides is 3. The number of nitrogens with zero attached hydrogens (tertiary/aromatic N) is 2. The van der Waals surface area contributed by atoms with Crippen LogP contribution in [0.1, 0.15) is 15.9 Å². The summed E-state index contributed by atoms with van der Waals surface area (Å²) in [5.74, 6) is -2.92. The highest BCUT2D eigenvalue weighted by Gasteiger charge is 2.38. The molecule has 0 spiro atoms. The van der Waals surface area contributed by atoms with Gasteiger partial charge in [-0.3, -0.25) is 9.48 Å². The Balaban J connectivity index is 1.94. The molecule has 0 fully saturated rings. The van der Waals surface area contributed by atoms with Gasteiger partial charge in [-0.2, -0.15) is 18.3 Å². The molecule has 0 aliphatic heterocycles. The lowest BCUT2D eigenvalue weighted by atomic mass is 10.2. The summed E-state index contributed by atoms with van der Waals surface area (Å²) in [6.45, 7) is -0.793. The van der Waals surface area contributed by atoms with Gasteiger partial charge in [-0.05, 0) is 17.7 Å². The predicted octanol–water partition coefficient (Wildman–Crippen LogP) is 2.14. The van der Waals surface area contributed by atoms with E-state index in [1.165, 1.54) is 29.2 Å². The zero-order valence-corrected chi connectivity index (χ0v) is 11.6. The Kier molecular flexibility index (Phi) is 4.68. The maximum Gasteiger partial charge on any atom is 0.453 e. The van der Waals surface area contributed by atoms with Crippen LogP contribution < -0.4 is 4.74 Å². The number of carbonyl (C=O) groups excluding carboxylic acids is 1. The Morgan fingerprint density at radius 1 is 1.22 bits per heavy atom. The molecule has 0 radical (unpaired) electrons. The lowest BCUT2D eigenvalue weighted by molar-refractivity contribution is -0.173. The van der Waals surface area contributed by atoms with Crippen molar-refractivity contribution in [3.8, 4) is 5.75 Å². The van der Waals surface area contributed by atoms with Gasteiger partial charge >= 0.3 is 12.1 Å². The first-order chi connectivity index (χ1) is 10.8. The van der Waals surface area contributed by atoms with Crippen molar-refractivity contribution in [2.75, 3.05) is 6.61 Å². The molecule has 1 N–H and O–H groups in total. The Hall–Kier alpha value is -2.84. The van der Waals surface area contributed by atoms with Gasteiger partial charge in [-0.15, -0.1) is 0 Å². The molecular formula is C14H11F3N2O4. The summed E-state index contributed by atoms with van der Waals surface area (Å²) >= 11 is 0. The summed E-state index contributed by atoms with van der Waals surface area (Å²) in [7, 11) is 0. The van der Waals surface area contributed by atoms with Crippen molar-refractivity contribution in [1.82, 2.24) is 9.78 Å². The average molecular weight is 328 g/mol. The van der Waals surface area contributed by atoms with Crippen LogP contribution in [0.4, 0.5) is 13.2 Å². The number of rotatable bonds is 6. The van der Waals surface area contributed by atoms with E-state index in [0.29, 0.717) is 0 Å². The quantitative estimate of drug-likeness (QED) is 0.878. The van der Waals surface area contributed by atoms with E-state index >= 15 is 0 Å². The summed E-state index contributed by atoms with van der Waals surface area (Å²) in [4.78, 5) is 21.4. The molecule has 122 valence electrons. The highest BCUT2D eigenvalue weighted by molar-refractivity contribution is 5.86. The predicted molar refractivity (Wildman–Crippen MR) is 71.3 cm³/mol. The van der Waals surface area contributed by atoms with Gasteiger partial charge in [-0.25, -0.2) is 4.79 Å². The normalized spacial score (nSPS) is 11.3. The SMILES string of the molecule is O=C(O)c1cnn(Cc2ccc(OCC(=O)C(F)(F)F)cc2)c1. The van der Waals surface area contributed by atoms with Crippen LogP contribution in [-0.2, 0) is 11.3 Å². The van der Waals surface area contributed by atoms with E-state index in [1.54, 1.807) is 12.1 Å². The molecular weight excluding hydrogens is 317 g/mol. The number of aromatic carboxylic acids is 1. The monoisotopic (exact) mass is 328 g/mol. The van der Waals surface area contributed by atoms with Crippen LogP contribution in [0.25, 0.3) is 0 Å². The molecule has 1 aromatic carbocycles. The first-order valence-corrected chi connectivity index (χ1v) is 6.33. The number of aromatic nitrogens is 2. The van der Waals surface area contributed by atoms with E-state index in [9.17, 15) is 22.8 Å². The fourth-order valence-electron chi connectivity index (χ4n) is 1.67. The minimum Gasteiger partial charge on any atom is -0.485 e. The van der Waals surface area contributed by atoms with Crippen molar-refractivity contribution < 1.29 is 32.6 Å². The molecule has 0 atom stereocenters. The van der Waals surface area contributed by atoms with Crippen LogP contribution >= 0.6 is 0 Å². The molecule has 2 aromatic rings. The maximum atomic E-state index is 12.0. The number of halogens is 3. The molecule has 23 heavy (non-hydrogen) atoms. The number of ether oxygens (including phenoxy) is 1. The number of carbonyl (C=O) groups is 2. The zero-order valence-electron chi connectivity index (χ0n) is 11.6. The Morgan fingerprint density at radius 3 is 2.39 bits per heavy atom. The van der Waals surface area contributed by atoms with Crippen LogP contribution in [0.2, 0.25) is 0 Å². The standard InChI is InChI=1S/C14H11F3N2O4/c15-14(16,17)12(20)8-23-11-3-1-9(2-4-11)6-19-7-10(5-18-19)13(21)22/h1-5,7H,6,8H2,(H,21,22). The molecule has 9 heteroatoms. The molecule has 0 bridgehead atoms. The summed E-state index contributed by atoms with van der Waals surface area (Å²) in [5.41, 5.74) is 0.787. The number of Topliss-reactive ketones (excluding diaryl/α,β-unsaturated/α-hetero) is 1. The number of carboxylic acid groups (broad SMARTS) is 1. The highest BCUT2D eigenvalue weighted by Crippen LogP contribution is 2.18. The van der Waals surface area contributed by atoms with Crippen LogP contribution in [0.5, 0.6) is 5.75 Å². The molecule has 0 unspecified atom stereocenters. The fourth-order valence-corrected chi connectivity index (χ4v) is 1.67. The first kappa shape index (κ1) is 16.5.